The van der Waals surface area contributed by atoms with Gasteiger partial charge in [0.25, 0.3) is 0 Å². The van der Waals surface area contributed by atoms with Gasteiger partial charge in [0, 0.05) is 13.1 Å². The normalized spacial score (nSPS) is 13.4. The van der Waals surface area contributed by atoms with Gasteiger partial charge in [0.2, 0.25) is 11.2 Å². The van der Waals surface area contributed by atoms with Crippen LogP contribution in [0.1, 0.15) is 18.1 Å². The van der Waals surface area contributed by atoms with Crippen LogP contribution in [0.2, 0.25) is 0 Å². The maximum Gasteiger partial charge on any atom is 0.235 e. The lowest BCUT2D eigenvalue weighted by molar-refractivity contribution is 0.0968. The predicted molar refractivity (Wildman–Crippen MR) is 126 cm³/mol. The van der Waals surface area contributed by atoms with Crippen LogP contribution < -0.4 is 19.6 Å². The molecule has 3 aromatic carbocycles. The predicted octanol–water partition coefficient (Wildman–Crippen LogP) is 5.52. The Bertz CT molecular complexity index is 1370. The van der Waals surface area contributed by atoms with Gasteiger partial charge in [-0.05, 0) is 55.3 Å². The summed E-state index contributed by atoms with van der Waals surface area (Å²) in [5.41, 5.74) is 2.09. The molecule has 1 aliphatic heterocycles. The molecule has 0 atom stereocenters. The van der Waals surface area contributed by atoms with Crippen molar-refractivity contribution in [3.8, 4) is 23.0 Å². The van der Waals surface area contributed by atoms with Crippen LogP contribution >= 0.6 is 0 Å². The van der Waals surface area contributed by atoms with Crippen LogP contribution in [0.5, 0.6) is 23.0 Å². The number of fused-ring (bicyclic) bond motifs is 3. The van der Waals surface area contributed by atoms with Crippen molar-refractivity contribution in [2.75, 3.05) is 19.9 Å². The summed E-state index contributed by atoms with van der Waals surface area (Å²) < 4.78 is 36.4. The van der Waals surface area contributed by atoms with Crippen LogP contribution in [0, 0.1) is 5.82 Å². The van der Waals surface area contributed by atoms with Gasteiger partial charge >= 0.3 is 0 Å². The second-order valence-electron chi connectivity index (χ2n) is 8.03. The molecule has 0 aliphatic carbocycles. The topological polar surface area (TPSA) is 61.1 Å². The molecular weight excluding hydrogens is 437 g/mol. The lowest BCUT2D eigenvalue weighted by Gasteiger charge is -2.29. The highest BCUT2D eigenvalue weighted by molar-refractivity contribution is 5.83. The summed E-state index contributed by atoms with van der Waals surface area (Å²) in [5.74, 6) is 1.54. The minimum absolute atomic E-state index is 0.0875. The van der Waals surface area contributed by atoms with Gasteiger partial charge in [0.05, 0.1) is 17.6 Å². The first-order valence-corrected chi connectivity index (χ1v) is 11.2. The van der Waals surface area contributed by atoms with Crippen LogP contribution in [0.25, 0.3) is 11.0 Å². The van der Waals surface area contributed by atoms with Gasteiger partial charge in [-0.3, -0.25) is 9.69 Å². The zero-order valence-electron chi connectivity index (χ0n) is 18.8. The smallest absolute Gasteiger partial charge is 0.235 e. The van der Waals surface area contributed by atoms with Crippen LogP contribution in [0.4, 0.5) is 4.39 Å². The molecule has 5 rings (SSSR count). The molecule has 0 unspecified atom stereocenters. The van der Waals surface area contributed by atoms with Crippen LogP contribution in [-0.4, -0.2) is 24.8 Å². The molecule has 0 saturated heterocycles. The Hall–Kier alpha value is -3.84. The minimum Gasteiger partial charge on any atom is -0.490 e. The molecule has 1 aromatic heterocycles. The molecule has 6 nitrogen and oxygen atoms in total. The monoisotopic (exact) mass is 461 g/mol. The van der Waals surface area contributed by atoms with Crippen LogP contribution in [-0.2, 0) is 13.0 Å². The summed E-state index contributed by atoms with van der Waals surface area (Å²) in [4.78, 5) is 15.3. The molecular formula is C27H24FNO5. The van der Waals surface area contributed by atoms with Crippen molar-refractivity contribution in [2.24, 2.45) is 0 Å². The molecule has 1 aliphatic rings. The molecule has 0 spiro atoms. The highest BCUT2D eigenvalue weighted by Crippen LogP contribution is 2.34. The molecule has 4 aromatic rings. The summed E-state index contributed by atoms with van der Waals surface area (Å²) in [6, 6.07) is 17.2. The molecule has 0 radical (unpaired) electrons. The third kappa shape index (κ3) is 4.47. The Kier molecular flexibility index (Phi) is 6.18. The van der Waals surface area contributed by atoms with E-state index in [4.69, 9.17) is 18.6 Å². The van der Waals surface area contributed by atoms with Crippen molar-refractivity contribution in [3.05, 3.63) is 94.1 Å². The first-order chi connectivity index (χ1) is 16.6. The van der Waals surface area contributed by atoms with E-state index in [0.29, 0.717) is 48.1 Å². The van der Waals surface area contributed by atoms with Crippen molar-refractivity contribution < 1.29 is 23.0 Å². The average molecular weight is 461 g/mol. The second-order valence-corrected chi connectivity index (χ2v) is 8.03. The van der Waals surface area contributed by atoms with E-state index in [1.807, 2.05) is 19.1 Å². The van der Waals surface area contributed by atoms with E-state index in [1.165, 1.54) is 18.4 Å². The lowest BCUT2D eigenvalue weighted by Crippen LogP contribution is -2.33. The number of hydrogen-bond donors (Lipinski definition) is 0. The molecule has 174 valence electrons. The standard InChI is InChI=1S/C27H24FNO5/c1-2-31-23-5-3-4-6-24(23)34-25-16-32-27-20(26(25)30)11-12-22-21(27)15-29(17-33-22)14-13-18-7-9-19(28)10-8-18/h3-12,16H,2,13-15,17H2,1H3. The molecule has 0 bridgehead atoms. The summed E-state index contributed by atoms with van der Waals surface area (Å²) in [5, 5.41) is 0.425. The van der Waals surface area contributed by atoms with E-state index in [-0.39, 0.29) is 17.0 Å². The molecule has 0 fully saturated rings. The van der Waals surface area contributed by atoms with E-state index in [9.17, 15) is 9.18 Å². The molecule has 0 amide bonds. The molecule has 0 N–H and O–H groups in total. The number of ether oxygens (including phenoxy) is 3. The van der Waals surface area contributed by atoms with Gasteiger partial charge in [-0.25, -0.2) is 4.39 Å². The molecule has 2 heterocycles. The fourth-order valence-corrected chi connectivity index (χ4v) is 4.02. The average Bonchev–Trinajstić information content (AvgIpc) is 2.86. The third-order valence-electron chi connectivity index (χ3n) is 5.75. The minimum atomic E-state index is -0.265. The van der Waals surface area contributed by atoms with E-state index in [1.54, 1.807) is 36.4 Å². The Morgan fingerprint density at radius 1 is 1.00 bits per heavy atom. The number of rotatable bonds is 7. The summed E-state index contributed by atoms with van der Waals surface area (Å²) in [6.45, 7) is 4.09. The van der Waals surface area contributed by atoms with Crippen LogP contribution in [0.15, 0.2) is 76.1 Å². The summed E-state index contributed by atoms with van der Waals surface area (Å²) in [6.07, 6.45) is 2.09. The first kappa shape index (κ1) is 22.0. The van der Waals surface area contributed by atoms with Crippen molar-refractivity contribution >= 4 is 11.0 Å². The largest absolute Gasteiger partial charge is 0.490 e. The summed E-state index contributed by atoms with van der Waals surface area (Å²) in [7, 11) is 0. The fourth-order valence-electron chi connectivity index (χ4n) is 4.02. The Balaban J connectivity index is 1.39. The Morgan fingerprint density at radius 3 is 2.59 bits per heavy atom. The number of nitrogens with zero attached hydrogens (tertiary/aromatic N) is 1. The highest BCUT2D eigenvalue weighted by atomic mass is 19.1. The van der Waals surface area contributed by atoms with Crippen molar-refractivity contribution in [3.63, 3.8) is 0 Å². The van der Waals surface area contributed by atoms with Gasteiger partial charge in [-0.15, -0.1) is 0 Å². The number of hydrogen-bond acceptors (Lipinski definition) is 6. The molecule has 0 saturated carbocycles. The van der Waals surface area contributed by atoms with Gasteiger partial charge in [0.1, 0.15) is 30.1 Å². The van der Waals surface area contributed by atoms with E-state index < -0.39 is 0 Å². The van der Waals surface area contributed by atoms with Crippen molar-refractivity contribution in [2.45, 2.75) is 19.9 Å². The van der Waals surface area contributed by atoms with Crippen molar-refractivity contribution in [1.29, 1.82) is 0 Å². The highest BCUT2D eigenvalue weighted by Gasteiger charge is 2.23. The second kappa shape index (κ2) is 9.57. The zero-order valence-corrected chi connectivity index (χ0v) is 18.8. The molecule has 34 heavy (non-hydrogen) atoms. The zero-order chi connectivity index (χ0) is 23.5. The van der Waals surface area contributed by atoms with E-state index in [2.05, 4.69) is 4.90 Å². The molecule has 7 heteroatoms. The van der Waals surface area contributed by atoms with E-state index in [0.717, 1.165) is 24.1 Å². The fraction of sp³-hybridized carbons (Fsp3) is 0.222. The number of para-hydroxylation sites is 2. The maximum absolute atomic E-state index is 13.2. The number of benzene rings is 3. The summed E-state index contributed by atoms with van der Waals surface area (Å²) >= 11 is 0. The Labute approximate surface area is 196 Å². The number of halogens is 1. The third-order valence-corrected chi connectivity index (χ3v) is 5.75. The van der Waals surface area contributed by atoms with Crippen LogP contribution in [0.3, 0.4) is 0 Å². The maximum atomic E-state index is 13.2. The first-order valence-electron chi connectivity index (χ1n) is 11.2. The van der Waals surface area contributed by atoms with Gasteiger partial charge in [-0.2, -0.15) is 0 Å². The quantitative estimate of drug-likeness (QED) is 0.361. The van der Waals surface area contributed by atoms with Gasteiger partial charge in [0.15, 0.2) is 11.5 Å². The lowest BCUT2D eigenvalue weighted by atomic mass is 10.1. The van der Waals surface area contributed by atoms with Crippen molar-refractivity contribution in [1.82, 2.24) is 4.90 Å². The van der Waals surface area contributed by atoms with Gasteiger partial charge in [-0.1, -0.05) is 24.3 Å². The Morgan fingerprint density at radius 2 is 1.79 bits per heavy atom. The van der Waals surface area contributed by atoms with E-state index >= 15 is 0 Å². The van der Waals surface area contributed by atoms with Gasteiger partial charge < -0.3 is 18.6 Å². The SMILES string of the molecule is CCOc1ccccc1Oc1coc2c3c(ccc2c1=O)OCN(CCc1ccc(F)cc1)C3.